The minimum Gasteiger partial charge on any atom is -0.385 e. The molecule has 0 aromatic carbocycles. The van der Waals surface area contributed by atoms with Crippen molar-refractivity contribution in [2.24, 2.45) is 0 Å². The predicted octanol–water partition coefficient (Wildman–Crippen LogP) is -0.481. The SMILES string of the molecule is COP(=O)(O[C@H]1O[C@@H](n2cnc3c(N)nc(Cl)nc32)[C@H](O)[C@H]1O)OP(=O)(O)O. The number of halogens is 1. The molecule has 1 fully saturated rings. The number of rotatable bonds is 6. The first-order valence-corrected chi connectivity index (χ1v) is 10.6. The van der Waals surface area contributed by atoms with Gasteiger partial charge in [0.2, 0.25) is 5.28 Å². The van der Waals surface area contributed by atoms with Crippen molar-refractivity contribution in [1.29, 1.82) is 0 Å². The Bertz CT molecular complexity index is 983. The molecular formula is C10H14ClN5O10P2. The predicted molar refractivity (Wildman–Crippen MR) is 89.5 cm³/mol. The summed E-state index contributed by atoms with van der Waals surface area (Å²) in [5.41, 5.74) is 5.87. The number of hydrogen-bond acceptors (Lipinski definition) is 12. The van der Waals surface area contributed by atoms with E-state index in [2.05, 4.69) is 23.8 Å². The van der Waals surface area contributed by atoms with E-state index in [1.54, 1.807) is 0 Å². The molecule has 5 atom stereocenters. The molecule has 3 rings (SSSR count). The van der Waals surface area contributed by atoms with Crippen LogP contribution in [-0.4, -0.2) is 65.1 Å². The fourth-order valence-electron chi connectivity index (χ4n) is 2.40. The van der Waals surface area contributed by atoms with Gasteiger partial charge in [0.1, 0.15) is 17.7 Å². The van der Waals surface area contributed by atoms with Crippen LogP contribution in [0.15, 0.2) is 6.33 Å². The van der Waals surface area contributed by atoms with Crippen LogP contribution in [0.4, 0.5) is 5.82 Å². The first kappa shape index (κ1) is 21.5. The smallest absolute Gasteiger partial charge is 0.385 e. The quantitative estimate of drug-likeness (QED) is 0.271. The highest BCUT2D eigenvalue weighted by Crippen LogP contribution is 2.62. The van der Waals surface area contributed by atoms with Crippen LogP contribution in [0, 0.1) is 0 Å². The molecule has 0 amide bonds. The van der Waals surface area contributed by atoms with Crippen molar-refractivity contribution in [2.45, 2.75) is 24.7 Å². The molecule has 2 aromatic rings. The van der Waals surface area contributed by atoms with Gasteiger partial charge in [-0.3, -0.25) is 13.6 Å². The third-order valence-corrected chi connectivity index (χ3v) is 6.29. The summed E-state index contributed by atoms with van der Waals surface area (Å²) >= 11 is 5.76. The van der Waals surface area contributed by atoms with Crippen molar-refractivity contribution in [3.05, 3.63) is 11.6 Å². The molecule has 15 nitrogen and oxygen atoms in total. The number of phosphoric ester groups is 1. The Kier molecular flexibility index (Phi) is 5.80. The molecule has 1 aliphatic rings. The first-order valence-electron chi connectivity index (χ1n) is 7.22. The molecule has 1 unspecified atom stereocenters. The van der Waals surface area contributed by atoms with E-state index >= 15 is 0 Å². The molecule has 2 aromatic heterocycles. The van der Waals surface area contributed by atoms with Crippen LogP contribution in [-0.2, 0) is 27.2 Å². The van der Waals surface area contributed by atoms with Gasteiger partial charge in [0, 0.05) is 7.11 Å². The fraction of sp³-hybridized carbons (Fsp3) is 0.500. The lowest BCUT2D eigenvalue weighted by Crippen LogP contribution is -2.32. The number of nitrogens with two attached hydrogens (primary N) is 1. The molecule has 18 heteroatoms. The Balaban J connectivity index is 1.89. The van der Waals surface area contributed by atoms with E-state index in [9.17, 15) is 19.3 Å². The Morgan fingerprint density at radius 1 is 1.29 bits per heavy atom. The van der Waals surface area contributed by atoms with Gasteiger partial charge in [-0.2, -0.15) is 14.3 Å². The molecular weight excluding hydrogens is 448 g/mol. The van der Waals surface area contributed by atoms with Crippen molar-refractivity contribution in [1.82, 2.24) is 19.5 Å². The Hall–Kier alpha value is -1.22. The lowest BCUT2D eigenvalue weighted by atomic mass is 10.2. The van der Waals surface area contributed by atoms with Crippen molar-refractivity contribution < 1.29 is 47.2 Å². The fourth-order valence-corrected chi connectivity index (χ4v) is 4.54. The molecule has 28 heavy (non-hydrogen) atoms. The zero-order chi connectivity index (χ0) is 20.9. The Morgan fingerprint density at radius 3 is 2.57 bits per heavy atom. The average molecular weight is 462 g/mol. The van der Waals surface area contributed by atoms with Crippen molar-refractivity contribution >= 4 is 44.2 Å². The molecule has 0 spiro atoms. The van der Waals surface area contributed by atoms with Crippen molar-refractivity contribution in [3.63, 3.8) is 0 Å². The highest BCUT2D eigenvalue weighted by molar-refractivity contribution is 7.61. The number of nitrogens with zero attached hydrogens (tertiary/aromatic N) is 4. The van der Waals surface area contributed by atoms with E-state index < -0.39 is 40.4 Å². The maximum atomic E-state index is 12.2. The standard InChI is InChI=1S/C10H14ClN5O10P2/c1-23-28(22,26-27(19,20)21)25-9-5(18)4(17)8(24-9)16-2-13-3-6(12)14-10(11)15-7(3)16/h2,4-5,8-9,17-18H,1H3,(H2,12,14,15)(H2,19,20,21)/t4-,5-,8-,9-,28?/m1/s1. The highest BCUT2D eigenvalue weighted by atomic mass is 35.5. The Labute approximate surface area is 160 Å². The molecule has 1 saturated heterocycles. The highest BCUT2D eigenvalue weighted by Gasteiger charge is 2.50. The molecule has 3 heterocycles. The molecule has 156 valence electrons. The number of aliphatic hydroxyl groups is 2. The summed E-state index contributed by atoms with van der Waals surface area (Å²) in [6.07, 6.45) is -5.56. The molecule has 1 aliphatic heterocycles. The van der Waals surface area contributed by atoms with Gasteiger partial charge in [0.25, 0.3) is 0 Å². The average Bonchev–Trinajstić information content (AvgIpc) is 3.09. The third kappa shape index (κ3) is 4.20. The normalized spacial score (nSPS) is 27.9. The van der Waals surface area contributed by atoms with Gasteiger partial charge in [-0.05, 0) is 11.6 Å². The topological polar surface area (TPSA) is 222 Å². The molecule has 0 bridgehead atoms. The summed E-state index contributed by atoms with van der Waals surface area (Å²) in [6.45, 7) is 0. The van der Waals surface area contributed by atoms with Crippen LogP contribution >= 0.6 is 27.2 Å². The van der Waals surface area contributed by atoms with Gasteiger partial charge in [-0.25, -0.2) is 14.1 Å². The minimum atomic E-state index is -5.28. The van der Waals surface area contributed by atoms with E-state index in [1.165, 1.54) is 0 Å². The molecule has 0 saturated carbocycles. The van der Waals surface area contributed by atoms with Gasteiger partial charge in [-0.1, -0.05) is 0 Å². The number of aromatic nitrogens is 4. The van der Waals surface area contributed by atoms with E-state index in [4.69, 9.17) is 36.4 Å². The second-order valence-corrected chi connectivity index (χ2v) is 8.83. The van der Waals surface area contributed by atoms with Crippen LogP contribution in [0.5, 0.6) is 0 Å². The lowest BCUT2D eigenvalue weighted by molar-refractivity contribution is -0.134. The van der Waals surface area contributed by atoms with Gasteiger partial charge >= 0.3 is 15.6 Å². The number of imidazole rings is 1. The maximum Gasteiger partial charge on any atom is 0.485 e. The van der Waals surface area contributed by atoms with Crippen LogP contribution in [0.1, 0.15) is 6.23 Å². The second kappa shape index (κ2) is 7.55. The minimum absolute atomic E-state index is 0.0477. The summed E-state index contributed by atoms with van der Waals surface area (Å²) in [5.74, 6) is -0.0477. The number of aliphatic hydroxyl groups excluding tert-OH is 2. The summed E-state index contributed by atoms with van der Waals surface area (Å²) in [4.78, 5) is 29.2. The van der Waals surface area contributed by atoms with Crippen molar-refractivity contribution in [3.8, 4) is 0 Å². The van der Waals surface area contributed by atoms with E-state index in [-0.39, 0.29) is 22.3 Å². The van der Waals surface area contributed by atoms with E-state index in [0.29, 0.717) is 0 Å². The zero-order valence-corrected chi connectivity index (χ0v) is 16.3. The largest absolute Gasteiger partial charge is 0.485 e. The number of nitrogen functional groups attached to an aromatic ring is 1. The third-order valence-electron chi connectivity index (χ3n) is 3.55. The molecule has 0 radical (unpaired) electrons. The number of fused-ring (bicyclic) bond motifs is 1. The van der Waals surface area contributed by atoms with Crippen molar-refractivity contribution in [2.75, 3.05) is 12.8 Å². The molecule has 6 N–H and O–H groups in total. The maximum absolute atomic E-state index is 12.2. The van der Waals surface area contributed by atoms with Gasteiger partial charge in [0.05, 0.1) is 6.33 Å². The van der Waals surface area contributed by atoms with Gasteiger partial charge in [-0.15, -0.1) is 0 Å². The van der Waals surface area contributed by atoms with Crippen LogP contribution < -0.4 is 5.73 Å². The van der Waals surface area contributed by atoms with Crippen LogP contribution in [0.2, 0.25) is 5.28 Å². The van der Waals surface area contributed by atoms with Gasteiger partial charge < -0.3 is 30.5 Å². The van der Waals surface area contributed by atoms with E-state index in [0.717, 1.165) is 18.0 Å². The monoisotopic (exact) mass is 461 g/mol. The summed E-state index contributed by atoms with van der Waals surface area (Å²) in [7, 11) is -9.34. The lowest BCUT2D eigenvalue weighted by Gasteiger charge is -2.21. The molecule has 0 aliphatic carbocycles. The number of anilines is 1. The summed E-state index contributed by atoms with van der Waals surface area (Å²) < 4.78 is 42.7. The van der Waals surface area contributed by atoms with Crippen LogP contribution in [0.3, 0.4) is 0 Å². The number of hydrogen-bond donors (Lipinski definition) is 5. The Morgan fingerprint density at radius 2 is 1.96 bits per heavy atom. The number of ether oxygens (including phenoxy) is 1. The first-order chi connectivity index (χ1) is 12.9. The van der Waals surface area contributed by atoms with Gasteiger partial charge in [0.15, 0.2) is 24.0 Å². The van der Waals surface area contributed by atoms with E-state index in [1.807, 2.05) is 0 Å². The summed E-state index contributed by atoms with van der Waals surface area (Å²) in [5, 5.41) is 20.2. The summed E-state index contributed by atoms with van der Waals surface area (Å²) in [6, 6.07) is 0. The second-order valence-electron chi connectivity index (χ2n) is 5.39. The number of phosphoric acid groups is 2. The zero-order valence-electron chi connectivity index (χ0n) is 13.8. The van der Waals surface area contributed by atoms with Crippen LogP contribution in [0.25, 0.3) is 11.2 Å².